The van der Waals surface area contributed by atoms with E-state index in [9.17, 15) is 0 Å². The first-order valence-electron chi connectivity index (χ1n) is 3.41. The molecule has 1 aromatic rings. The molecule has 0 atom stereocenters. The molecule has 0 bridgehead atoms. The van der Waals surface area contributed by atoms with Crippen LogP contribution >= 0.6 is 12.6 Å². The van der Waals surface area contributed by atoms with Gasteiger partial charge in [-0.25, -0.2) is 0 Å². The Kier molecular flexibility index (Phi) is 2.29. The van der Waals surface area contributed by atoms with Crippen LogP contribution in [0.1, 0.15) is 11.1 Å². The summed E-state index contributed by atoms with van der Waals surface area (Å²) in [5.74, 6) is 0.660. The minimum atomic E-state index is 0.660. The van der Waals surface area contributed by atoms with Gasteiger partial charge in [0.05, 0.1) is 0 Å². The average molecular weight is 168 g/mol. The van der Waals surface area contributed by atoms with Gasteiger partial charge < -0.3 is 11.5 Å². The van der Waals surface area contributed by atoms with E-state index in [1.165, 1.54) is 0 Å². The van der Waals surface area contributed by atoms with Crippen molar-refractivity contribution in [2.24, 2.45) is 0 Å². The number of benzene rings is 1. The van der Waals surface area contributed by atoms with Crippen LogP contribution < -0.4 is 11.5 Å². The van der Waals surface area contributed by atoms with Crippen molar-refractivity contribution < 1.29 is 0 Å². The lowest BCUT2D eigenvalue weighted by molar-refractivity contribution is 1.37. The first-order valence-corrected chi connectivity index (χ1v) is 4.04. The lowest BCUT2D eigenvalue weighted by Gasteiger charge is -2.07. The Balaban J connectivity index is 3.25. The molecular weight excluding hydrogens is 156 g/mol. The Bertz CT molecular complexity index is 271. The molecule has 0 heterocycles. The highest BCUT2D eigenvalue weighted by atomic mass is 32.1. The van der Waals surface area contributed by atoms with E-state index in [4.69, 9.17) is 11.5 Å². The lowest BCUT2D eigenvalue weighted by atomic mass is 10.1. The summed E-state index contributed by atoms with van der Waals surface area (Å²) in [6, 6.07) is 3.77. The Labute approximate surface area is 72.0 Å². The second-order valence-electron chi connectivity index (χ2n) is 2.51. The summed E-state index contributed by atoms with van der Waals surface area (Å²) in [6.07, 6.45) is 0. The number of hydrogen-bond acceptors (Lipinski definition) is 3. The third-order valence-corrected chi connectivity index (χ3v) is 2.16. The summed E-state index contributed by atoms with van der Waals surface area (Å²) in [7, 11) is 0. The molecule has 0 aliphatic rings. The fraction of sp³-hybridized carbons (Fsp3) is 0.250. The van der Waals surface area contributed by atoms with Gasteiger partial charge in [0.15, 0.2) is 0 Å². The van der Waals surface area contributed by atoms with E-state index in [-0.39, 0.29) is 0 Å². The van der Waals surface area contributed by atoms with Gasteiger partial charge in [-0.05, 0) is 24.1 Å². The highest BCUT2D eigenvalue weighted by Gasteiger charge is 2.02. The molecule has 0 saturated heterocycles. The van der Waals surface area contributed by atoms with Crippen molar-refractivity contribution in [3.63, 3.8) is 0 Å². The van der Waals surface area contributed by atoms with Crippen molar-refractivity contribution >= 4 is 24.0 Å². The number of rotatable bonds is 1. The summed E-state index contributed by atoms with van der Waals surface area (Å²) in [5.41, 5.74) is 14.9. The number of thiol groups is 1. The number of anilines is 2. The molecule has 0 fully saturated rings. The fourth-order valence-electron chi connectivity index (χ4n) is 0.939. The standard InChI is InChI=1S/C8H12N2S/c1-5-7(9)3-2-6(4-11)8(5)10/h2-3,11H,4,9-10H2,1H3. The molecule has 0 spiro atoms. The highest BCUT2D eigenvalue weighted by Crippen LogP contribution is 2.23. The molecule has 0 aliphatic heterocycles. The zero-order valence-corrected chi connectivity index (χ0v) is 7.36. The number of hydrogen-bond donors (Lipinski definition) is 3. The smallest absolute Gasteiger partial charge is 0.0405 e. The summed E-state index contributed by atoms with van der Waals surface area (Å²) in [6.45, 7) is 1.91. The molecular formula is C8H12N2S. The molecule has 60 valence electrons. The van der Waals surface area contributed by atoms with Gasteiger partial charge in [-0.15, -0.1) is 0 Å². The van der Waals surface area contributed by atoms with Crippen LogP contribution in [0.2, 0.25) is 0 Å². The number of nitrogen functional groups attached to an aromatic ring is 2. The minimum Gasteiger partial charge on any atom is -0.398 e. The van der Waals surface area contributed by atoms with Crippen molar-refractivity contribution in [1.29, 1.82) is 0 Å². The van der Waals surface area contributed by atoms with Gasteiger partial charge in [0.2, 0.25) is 0 Å². The summed E-state index contributed by atoms with van der Waals surface area (Å²) in [4.78, 5) is 0. The van der Waals surface area contributed by atoms with Crippen LogP contribution in [0, 0.1) is 6.92 Å². The highest BCUT2D eigenvalue weighted by molar-refractivity contribution is 7.79. The molecule has 4 N–H and O–H groups in total. The Morgan fingerprint density at radius 1 is 1.36 bits per heavy atom. The van der Waals surface area contributed by atoms with Gasteiger partial charge in [0.25, 0.3) is 0 Å². The van der Waals surface area contributed by atoms with Crippen molar-refractivity contribution in [3.05, 3.63) is 23.3 Å². The number of nitrogens with two attached hydrogens (primary N) is 2. The van der Waals surface area contributed by atoms with E-state index in [0.717, 1.165) is 22.5 Å². The predicted molar refractivity (Wildman–Crippen MR) is 52.7 cm³/mol. The van der Waals surface area contributed by atoms with Gasteiger partial charge in [0, 0.05) is 17.1 Å². The normalized spacial score (nSPS) is 10.0. The Hall–Kier alpha value is -0.830. The summed E-state index contributed by atoms with van der Waals surface area (Å²) < 4.78 is 0. The molecule has 0 saturated carbocycles. The maximum Gasteiger partial charge on any atom is 0.0405 e. The van der Waals surface area contributed by atoms with E-state index in [1.54, 1.807) is 0 Å². The third-order valence-electron chi connectivity index (χ3n) is 1.82. The van der Waals surface area contributed by atoms with Crippen LogP contribution in [0.25, 0.3) is 0 Å². The molecule has 1 rings (SSSR count). The van der Waals surface area contributed by atoms with E-state index in [2.05, 4.69) is 12.6 Å². The zero-order valence-electron chi connectivity index (χ0n) is 6.46. The van der Waals surface area contributed by atoms with Gasteiger partial charge in [0.1, 0.15) is 0 Å². The molecule has 0 unspecified atom stereocenters. The Morgan fingerprint density at radius 3 is 2.55 bits per heavy atom. The van der Waals surface area contributed by atoms with Gasteiger partial charge >= 0.3 is 0 Å². The van der Waals surface area contributed by atoms with Crippen molar-refractivity contribution in [2.45, 2.75) is 12.7 Å². The fourth-order valence-corrected chi connectivity index (χ4v) is 1.22. The van der Waals surface area contributed by atoms with E-state index < -0.39 is 0 Å². The summed E-state index contributed by atoms with van der Waals surface area (Å²) >= 11 is 4.14. The molecule has 0 amide bonds. The maximum absolute atomic E-state index is 5.77. The average Bonchev–Trinajstić information content (AvgIpc) is 2.01. The first kappa shape index (κ1) is 8.27. The molecule has 2 nitrogen and oxygen atoms in total. The molecule has 0 aliphatic carbocycles. The van der Waals surface area contributed by atoms with Gasteiger partial charge in [-0.1, -0.05) is 6.07 Å². The second-order valence-corrected chi connectivity index (χ2v) is 2.83. The largest absolute Gasteiger partial charge is 0.398 e. The van der Waals surface area contributed by atoms with E-state index in [0.29, 0.717) is 5.75 Å². The first-order chi connectivity index (χ1) is 5.16. The van der Waals surface area contributed by atoms with Crippen LogP contribution in [-0.2, 0) is 5.75 Å². The third kappa shape index (κ3) is 1.43. The molecule has 3 heteroatoms. The van der Waals surface area contributed by atoms with E-state index >= 15 is 0 Å². The predicted octanol–water partition coefficient (Wildman–Crippen LogP) is 1.59. The quantitative estimate of drug-likeness (QED) is 0.440. The van der Waals surface area contributed by atoms with Crippen LogP contribution in [0.15, 0.2) is 12.1 Å². The minimum absolute atomic E-state index is 0.660. The van der Waals surface area contributed by atoms with Crippen molar-refractivity contribution in [2.75, 3.05) is 11.5 Å². The van der Waals surface area contributed by atoms with Gasteiger partial charge in [-0.3, -0.25) is 0 Å². The van der Waals surface area contributed by atoms with Crippen LogP contribution in [0.4, 0.5) is 11.4 Å². The van der Waals surface area contributed by atoms with Crippen molar-refractivity contribution in [1.82, 2.24) is 0 Å². The maximum atomic E-state index is 5.77. The van der Waals surface area contributed by atoms with Crippen molar-refractivity contribution in [3.8, 4) is 0 Å². The zero-order chi connectivity index (χ0) is 8.43. The molecule has 11 heavy (non-hydrogen) atoms. The van der Waals surface area contributed by atoms with Crippen LogP contribution in [0.5, 0.6) is 0 Å². The summed E-state index contributed by atoms with van der Waals surface area (Å²) in [5, 5.41) is 0. The van der Waals surface area contributed by atoms with Crippen LogP contribution in [0.3, 0.4) is 0 Å². The van der Waals surface area contributed by atoms with Gasteiger partial charge in [-0.2, -0.15) is 12.6 Å². The van der Waals surface area contributed by atoms with Crippen LogP contribution in [-0.4, -0.2) is 0 Å². The molecule has 0 radical (unpaired) electrons. The van der Waals surface area contributed by atoms with E-state index in [1.807, 2.05) is 19.1 Å². The monoisotopic (exact) mass is 168 g/mol. The molecule has 1 aromatic carbocycles. The topological polar surface area (TPSA) is 52.0 Å². The lowest BCUT2D eigenvalue weighted by Crippen LogP contribution is -1.99. The Morgan fingerprint density at radius 2 is 2.00 bits per heavy atom. The molecule has 0 aromatic heterocycles. The SMILES string of the molecule is Cc1c(N)ccc(CS)c1N. The second kappa shape index (κ2) is 3.05.